The highest BCUT2D eigenvalue weighted by atomic mass is 16.5. The predicted octanol–water partition coefficient (Wildman–Crippen LogP) is 4.24. The lowest BCUT2D eigenvalue weighted by Crippen LogP contribution is -2.32. The topological polar surface area (TPSA) is 56.2 Å². The molecule has 0 bridgehead atoms. The largest absolute Gasteiger partial charge is 0.465 e. The number of carbonyl (C=O) groups excluding carboxylic acids is 1. The number of rotatable bonds is 1. The average molecular weight is 331 g/mol. The van der Waals surface area contributed by atoms with Crippen LogP contribution in [0, 0.1) is 0 Å². The van der Waals surface area contributed by atoms with Gasteiger partial charge in [0.1, 0.15) is 5.75 Å². The number of carbonyl (C=O) groups is 1. The third-order valence-electron chi connectivity index (χ3n) is 4.87. The average Bonchev–Trinajstić information content (AvgIpc) is 3.00. The Kier molecular flexibility index (Phi) is 2.83. The molecule has 1 N–H and O–H groups in total. The molecular formula is C20H17N3O2. The number of hydrogen-bond donors (Lipinski definition) is 1. The molecule has 3 heterocycles. The van der Waals surface area contributed by atoms with Gasteiger partial charge >= 0.3 is 0 Å². The highest BCUT2D eigenvalue weighted by molar-refractivity contribution is 6.12. The smallest absolute Gasteiger partial charge is 0.211 e. The molecule has 2 aliphatic rings. The van der Waals surface area contributed by atoms with Crippen molar-refractivity contribution < 1.29 is 9.53 Å². The van der Waals surface area contributed by atoms with Gasteiger partial charge in [0, 0.05) is 6.20 Å². The SMILES string of the molecule is CC(C)c1ccc2c(c1)C(=O)C1=CNc3nc4ccccc4n3C1O2. The highest BCUT2D eigenvalue weighted by Crippen LogP contribution is 2.41. The van der Waals surface area contributed by atoms with Crippen LogP contribution < -0.4 is 10.1 Å². The Morgan fingerprint density at radius 2 is 2.04 bits per heavy atom. The fourth-order valence-corrected chi connectivity index (χ4v) is 3.49. The summed E-state index contributed by atoms with van der Waals surface area (Å²) < 4.78 is 8.17. The summed E-state index contributed by atoms with van der Waals surface area (Å²) >= 11 is 0. The third-order valence-corrected chi connectivity index (χ3v) is 4.87. The van der Waals surface area contributed by atoms with Crippen LogP contribution in [0.1, 0.15) is 41.9 Å². The summed E-state index contributed by atoms with van der Waals surface area (Å²) in [6.07, 6.45) is 1.23. The number of imidazole rings is 1. The van der Waals surface area contributed by atoms with Gasteiger partial charge in [0.05, 0.1) is 22.2 Å². The van der Waals surface area contributed by atoms with Crippen LogP contribution in [-0.4, -0.2) is 15.3 Å². The van der Waals surface area contributed by atoms with Gasteiger partial charge < -0.3 is 10.1 Å². The van der Waals surface area contributed by atoms with Crippen LogP contribution in [0.3, 0.4) is 0 Å². The van der Waals surface area contributed by atoms with E-state index in [9.17, 15) is 4.79 Å². The monoisotopic (exact) mass is 331 g/mol. The van der Waals surface area contributed by atoms with Gasteiger partial charge in [-0.05, 0) is 35.7 Å². The molecule has 0 spiro atoms. The van der Waals surface area contributed by atoms with Crippen molar-refractivity contribution in [1.29, 1.82) is 0 Å². The Bertz CT molecular complexity index is 1060. The van der Waals surface area contributed by atoms with E-state index in [0.717, 1.165) is 16.6 Å². The number of Topliss-reactive ketones (excluding diaryl/α,β-unsaturated/α-hetero) is 1. The van der Waals surface area contributed by atoms with Gasteiger partial charge in [-0.25, -0.2) is 4.98 Å². The van der Waals surface area contributed by atoms with Crippen molar-refractivity contribution in [2.24, 2.45) is 0 Å². The quantitative estimate of drug-likeness (QED) is 0.724. The maximum Gasteiger partial charge on any atom is 0.211 e. The third kappa shape index (κ3) is 1.95. The summed E-state index contributed by atoms with van der Waals surface area (Å²) in [6, 6.07) is 13.7. The summed E-state index contributed by atoms with van der Waals surface area (Å²) in [5.74, 6) is 1.68. The number of ketones is 1. The maximum atomic E-state index is 13.1. The van der Waals surface area contributed by atoms with Crippen molar-refractivity contribution in [2.45, 2.75) is 26.0 Å². The molecule has 25 heavy (non-hydrogen) atoms. The van der Waals surface area contributed by atoms with E-state index in [2.05, 4.69) is 24.1 Å². The highest BCUT2D eigenvalue weighted by Gasteiger charge is 2.37. The van der Waals surface area contributed by atoms with E-state index < -0.39 is 6.23 Å². The second-order valence-corrected chi connectivity index (χ2v) is 6.75. The van der Waals surface area contributed by atoms with E-state index in [1.165, 1.54) is 0 Å². The molecule has 2 aromatic carbocycles. The molecule has 3 aromatic rings. The van der Waals surface area contributed by atoms with E-state index in [0.29, 0.717) is 28.8 Å². The summed E-state index contributed by atoms with van der Waals surface area (Å²) in [6.45, 7) is 4.23. The van der Waals surface area contributed by atoms with Crippen LogP contribution in [0.4, 0.5) is 5.95 Å². The van der Waals surface area contributed by atoms with E-state index in [-0.39, 0.29) is 5.78 Å². The van der Waals surface area contributed by atoms with Crippen molar-refractivity contribution in [3.8, 4) is 5.75 Å². The van der Waals surface area contributed by atoms with Gasteiger partial charge in [-0.3, -0.25) is 9.36 Å². The number of benzene rings is 2. The molecule has 5 nitrogen and oxygen atoms in total. The van der Waals surface area contributed by atoms with Crippen LogP contribution in [0.5, 0.6) is 5.75 Å². The molecule has 0 aliphatic carbocycles. The van der Waals surface area contributed by atoms with Crippen molar-refractivity contribution in [2.75, 3.05) is 5.32 Å². The molecule has 1 aromatic heterocycles. The van der Waals surface area contributed by atoms with E-state index in [4.69, 9.17) is 4.74 Å². The second kappa shape index (κ2) is 4.96. The number of nitrogens with one attached hydrogen (secondary N) is 1. The number of anilines is 1. The first-order valence-electron chi connectivity index (χ1n) is 8.42. The van der Waals surface area contributed by atoms with Crippen LogP contribution in [0.2, 0.25) is 0 Å². The molecule has 2 aliphatic heterocycles. The van der Waals surface area contributed by atoms with Crippen molar-refractivity contribution in [3.63, 3.8) is 0 Å². The van der Waals surface area contributed by atoms with Crippen molar-refractivity contribution >= 4 is 22.8 Å². The minimum absolute atomic E-state index is 0.00433. The minimum Gasteiger partial charge on any atom is -0.465 e. The van der Waals surface area contributed by atoms with Crippen molar-refractivity contribution in [3.05, 3.63) is 65.4 Å². The standard InChI is InChI=1S/C20H17N3O2/c1-11(2)12-7-8-17-13(9-12)18(24)14-10-21-20-22-15-5-3-4-6-16(15)23(20)19(14)25-17/h3-11,19H,1-2H3,(H,21,22). The molecule has 1 unspecified atom stereocenters. The second-order valence-electron chi connectivity index (χ2n) is 6.75. The Labute approximate surface area is 144 Å². The molecular weight excluding hydrogens is 314 g/mol. The van der Waals surface area contributed by atoms with Gasteiger partial charge in [-0.15, -0.1) is 0 Å². The summed E-state index contributed by atoms with van der Waals surface area (Å²) in [4.78, 5) is 17.7. The number of para-hydroxylation sites is 2. The maximum absolute atomic E-state index is 13.1. The molecule has 5 rings (SSSR count). The van der Waals surface area contributed by atoms with Gasteiger partial charge in [-0.2, -0.15) is 0 Å². The first kappa shape index (κ1) is 14.3. The van der Waals surface area contributed by atoms with Gasteiger partial charge in [-0.1, -0.05) is 32.0 Å². The number of hydrogen-bond acceptors (Lipinski definition) is 4. The van der Waals surface area contributed by atoms with Crippen molar-refractivity contribution in [1.82, 2.24) is 9.55 Å². The van der Waals surface area contributed by atoms with E-state index in [1.54, 1.807) is 6.20 Å². The predicted molar refractivity (Wildman–Crippen MR) is 96.0 cm³/mol. The number of fused-ring (bicyclic) bond motifs is 6. The fraction of sp³-hybridized carbons (Fsp3) is 0.200. The van der Waals surface area contributed by atoms with Gasteiger partial charge in [0.15, 0.2) is 5.78 Å². The Morgan fingerprint density at radius 3 is 2.88 bits per heavy atom. The zero-order chi connectivity index (χ0) is 17.1. The van der Waals surface area contributed by atoms with Crippen LogP contribution in [0.15, 0.2) is 54.2 Å². The molecule has 124 valence electrons. The molecule has 0 saturated carbocycles. The van der Waals surface area contributed by atoms with E-state index >= 15 is 0 Å². The first-order chi connectivity index (χ1) is 12.1. The molecule has 0 saturated heterocycles. The summed E-state index contributed by atoms with van der Waals surface area (Å²) in [5.41, 5.74) is 4.17. The number of nitrogens with zero attached hydrogens (tertiary/aromatic N) is 2. The Hall–Kier alpha value is -3.08. The lowest BCUT2D eigenvalue weighted by Gasteiger charge is -2.32. The van der Waals surface area contributed by atoms with Crippen LogP contribution in [-0.2, 0) is 0 Å². The van der Waals surface area contributed by atoms with Crippen LogP contribution >= 0.6 is 0 Å². The zero-order valence-electron chi connectivity index (χ0n) is 14.0. The number of aromatic nitrogens is 2. The summed E-state index contributed by atoms with van der Waals surface area (Å²) in [5, 5.41) is 3.14. The normalized spacial score (nSPS) is 18.1. The van der Waals surface area contributed by atoms with Gasteiger partial charge in [0.2, 0.25) is 12.2 Å². The van der Waals surface area contributed by atoms with E-state index in [1.807, 2.05) is 47.0 Å². The fourth-order valence-electron chi connectivity index (χ4n) is 3.49. The zero-order valence-corrected chi connectivity index (χ0v) is 14.0. The molecule has 0 fully saturated rings. The molecule has 5 heteroatoms. The minimum atomic E-state index is -0.492. The molecule has 0 amide bonds. The lowest BCUT2D eigenvalue weighted by atomic mass is 9.93. The van der Waals surface area contributed by atoms with Gasteiger partial charge in [0.25, 0.3) is 0 Å². The molecule has 1 atom stereocenters. The van der Waals surface area contributed by atoms with Crippen LogP contribution in [0.25, 0.3) is 11.0 Å². The molecule has 0 radical (unpaired) electrons. The summed E-state index contributed by atoms with van der Waals surface area (Å²) in [7, 11) is 0. The number of ether oxygens (including phenoxy) is 1. The first-order valence-corrected chi connectivity index (χ1v) is 8.42. The Balaban J connectivity index is 1.68. The Morgan fingerprint density at radius 1 is 1.20 bits per heavy atom. The lowest BCUT2D eigenvalue weighted by molar-refractivity contribution is 0.0901.